The molecule has 0 aromatic heterocycles. The van der Waals surface area contributed by atoms with Crippen LogP contribution in [0.3, 0.4) is 0 Å². The van der Waals surface area contributed by atoms with E-state index in [4.69, 9.17) is 17.3 Å². The van der Waals surface area contributed by atoms with Gasteiger partial charge in [0.25, 0.3) is 0 Å². The van der Waals surface area contributed by atoms with E-state index >= 15 is 0 Å². The van der Waals surface area contributed by atoms with Crippen LogP contribution in [0.25, 0.3) is 0 Å². The fraction of sp³-hybridized carbons (Fsp3) is 0.364. The average molecular weight is 282 g/mol. The number of halogens is 3. The number of benzene rings is 1. The lowest BCUT2D eigenvalue weighted by atomic mass is 10.0. The van der Waals surface area contributed by atoms with Gasteiger partial charge in [-0.05, 0) is 18.6 Å². The number of esters is 1. The van der Waals surface area contributed by atoms with Crippen LogP contribution >= 0.6 is 24.0 Å². The van der Waals surface area contributed by atoms with Crippen molar-refractivity contribution < 1.29 is 13.9 Å². The fourth-order valence-electron chi connectivity index (χ4n) is 1.38. The van der Waals surface area contributed by atoms with Crippen LogP contribution in [0, 0.1) is 12.7 Å². The minimum atomic E-state index is -0.792. The van der Waals surface area contributed by atoms with Crippen LogP contribution in [0.4, 0.5) is 4.39 Å². The Morgan fingerprint density at radius 2 is 2.18 bits per heavy atom. The molecule has 17 heavy (non-hydrogen) atoms. The normalized spacial score (nSPS) is 11.6. The molecule has 6 heteroatoms. The summed E-state index contributed by atoms with van der Waals surface area (Å²) in [4.78, 5) is 11.0. The van der Waals surface area contributed by atoms with Crippen LogP contribution in [-0.2, 0) is 9.53 Å². The van der Waals surface area contributed by atoms with Gasteiger partial charge in [-0.25, -0.2) is 4.39 Å². The molecule has 1 atom stereocenters. The molecule has 0 aliphatic carbocycles. The Morgan fingerprint density at radius 1 is 1.59 bits per heavy atom. The molecule has 0 fully saturated rings. The molecule has 0 radical (unpaired) electrons. The quantitative estimate of drug-likeness (QED) is 0.867. The van der Waals surface area contributed by atoms with Gasteiger partial charge in [-0.2, -0.15) is 0 Å². The van der Waals surface area contributed by atoms with Gasteiger partial charge >= 0.3 is 5.97 Å². The first-order chi connectivity index (χ1) is 7.47. The topological polar surface area (TPSA) is 52.3 Å². The smallest absolute Gasteiger partial charge is 0.307 e. The number of carbonyl (C=O) groups excluding carboxylic acids is 1. The highest BCUT2D eigenvalue weighted by Gasteiger charge is 2.19. The Morgan fingerprint density at radius 3 is 2.71 bits per heavy atom. The second-order valence-electron chi connectivity index (χ2n) is 3.48. The zero-order valence-electron chi connectivity index (χ0n) is 9.50. The van der Waals surface area contributed by atoms with Crippen LogP contribution in [0.15, 0.2) is 12.1 Å². The third-order valence-corrected chi connectivity index (χ3v) is 2.81. The van der Waals surface area contributed by atoms with Crippen molar-refractivity contribution in [2.75, 3.05) is 7.11 Å². The highest BCUT2D eigenvalue weighted by molar-refractivity contribution is 6.32. The summed E-state index contributed by atoms with van der Waals surface area (Å²) >= 11 is 5.95. The Kier molecular flexibility index (Phi) is 6.45. The predicted molar refractivity (Wildman–Crippen MR) is 67.0 cm³/mol. The van der Waals surface area contributed by atoms with Gasteiger partial charge < -0.3 is 10.5 Å². The Hall–Kier alpha value is -0.840. The van der Waals surface area contributed by atoms with Crippen molar-refractivity contribution in [2.24, 2.45) is 5.73 Å². The lowest BCUT2D eigenvalue weighted by Crippen LogP contribution is -2.18. The monoisotopic (exact) mass is 281 g/mol. The first-order valence-corrected chi connectivity index (χ1v) is 5.12. The summed E-state index contributed by atoms with van der Waals surface area (Å²) in [5.74, 6) is -1.00. The maximum atomic E-state index is 13.5. The molecule has 0 aliphatic heterocycles. The molecule has 1 aromatic rings. The van der Waals surface area contributed by atoms with Gasteiger partial charge in [0.15, 0.2) is 0 Å². The second kappa shape index (κ2) is 6.79. The van der Waals surface area contributed by atoms with Crippen LogP contribution in [-0.4, -0.2) is 13.1 Å². The largest absolute Gasteiger partial charge is 0.469 e. The molecule has 0 heterocycles. The van der Waals surface area contributed by atoms with Gasteiger partial charge in [0, 0.05) is 11.6 Å². The highest BCUT2D eigenvalue weighted by Crippen LogP contribution is 2.29. The zero-order valence-corrected chi connectivity index (χ0v) is 11.1. The van der Waals surface area contributed by atoms with Gasteiger partial charge in [-0.3, -0.25) is 4.79 Å². The Labute approximate surface area is 110 Å². The third kappa shape index (κ3) is 3.84. The van der Waals surface area contributed by atoms with E-state index in [1.807, 2.05) is 0 Å². The number of carbonyl (C=O) groups is 1. The number of hydrogen-bond donors (Lipinski definition) is 1. The number of hydrogen-bond acceptors (Lipinski definition) is 3. The van der Waals surface area contributed by atoms with Crippen LogP contribution in [0.2, 0.25) is 5.02 Å². The third-order valence-electron chi connectivity index (χ3n) is 2.30. The minimum Gasteiger partial charge on any atom is -0.469 e. The maximum Gasteiger partial charge on any atom is 0.307 e. The molecule has 1 rings (SSSR count). The van der Waals surface area contributed by atoms with E-state index in [-0.39, 0.29) is 29.4 Å². The van der Waals surface area contributed by atoms with Crippen molar-refractivity contribution in [3.8, 4) is 0 Å². The predicted octanol–water partition coefficient (Wildman–Crippen LogP) is 2.77. The zero-order chi connectivity index (χ0) is 12.3. The number of rotatable bonds is 3. The van der Waals surface area contributed by atoms with Crippen molar-refractivity contribution >= 4 is 30.0 Å². The van der Waals surface area contributed by atoms with Crippen molar-refractivity contribution in [3.63, 3.8) is 0 Å². The maximum absolute atomic E-state index is 13.5. The summed E-state index contributed by atoms with van der Waals surface area (Å²) in [6.07, 6.45) is -0.101. The molecule has 0 amide bonds. The minimum absolute atomic E-state index is 0. The molecule has 3 nitrogen and oxygen atoms in total. The standard InChI is InChI=1S/C11H13ClFNO2.ClH/c1-6-3-4-7(13)10(11(6)12)8(14)5-9(15)16-2;/h3-4,8H,5,14H2,1-2H3;1H/t8-;/m0./s1. The first kappa shape index (κ1) is 16.2. The van der Waals surface area contributed by atoms with Crippen molar-refractivity contribution in [3.05, 3.63) is 34.1 Å². The molecule has 0 saturated heterocycles. The van der Waals surface area contributed by atoms with Gasteiger partial charge in [0.2, 0.25) is 0 Å². The summed E-state index contributed by atoms with van der Waals surface area (Å²) in [7, 11) is 1.25. The molecular formula is C11H14Cl2FNO2. The summed E-state index contributed by atoms with van der Waals surface area (Å²) in [5.41, 5.74) is 6.60. The number of methoxy groups -OCH3 is 1. The Balaban J connectivity index is 0.00000256. The van der Waals surface area contributed by atoms with Crippen LogP contribution < -0.4 is 5.73 Å². The van der Waals surface area contributed by atoms with Crippen LogP contribution in [0.1, 0.15) is 23.6 Å². The highest BCUT2D eigenvalue weighted by atomic mass is 35.5. The fourth-order valence-corrected chi connectivity index (χ4v) is 1.68. The van der Waals surface area contributed by atoms with Gasteiger partial charge in [-0.1, -0.05) is 17.7 Å². The van der Waals surface area contributed by atoms with Gasteiger partial charge in [0.05, 0.1) is 18.6 Å². The molecule has 0 bridgehead atoms. The van der Waals surface area contributed by atoms with Crippen molar-refractivity contribution in [1.29, 1.82) is 0 Å². The van der Waals surface area contributed by atoms with Crippen molar-refractivity contribution in [1.82, 2.24) is 0 Å². The van der Waals surface area contributed by atoms with Crippen LogP contribution in [0.5, 0.6) is 0 Å². The van der Waals surface area contributed by atoms with E-state index in [9.17, 15) is 9.18 Å². The van der Waals surface area contributed by atoms with E-state index in [0.29, 0.717) is 0 Å². The summed E-state index contributed by atoms with van der Waals surface area (Å²) in [6.45, 7) is 1.75. The van der Waals surface area contributed by atoms with Crippen molar-refractivity contribution in [2.45, 2.75) is 19.4 Å². The second-order valence-corrected chi connectivity index (χ2v) is 3.86. The summed E-state index contributed by atoms with van der Waals surface area (Å²) in [6, 6.07) is 2.06. The van der Waals surface area contributed by atoms with E-state index in [2.05, 4.69) is 4.74 Å². The van der Waals surface area contributed by atoms with Gasteiger partial charge in [0.1, 0.15) is 5.82 Å². The first-order valence-electron chi connectivity index (χ1n) is 4.74. The molecule has 0 unspecified atom stereocenters. The van der Waals surface area contributed by atoms with E-state index in [1.54, 1.807) is 13.0 Å². The summed E-state index contributed by atoms with van der Waals surface area (Å²) < 4.78 is 18.0. The van der Waals surface area contributed by atoms with E-state index < -0.39 is 17.8 Å². The molecular weight excluding hydrogens is 268 g/mol. The lowest BCUT2D eigenvalue weighted by Gasteiger charge is -2.14. The Bertz CT molecular complexity index is 413. The number of aryl methyl sites for hydroxylation is 1. The molecule has 0 aliphatic rings. The molecule has 2 N–H and O–H groups in total. The number of nitrogens with two attached hydrogens (primary N) is 1. The average Bonchev–Trinajstić information content (AvgIpc) is 2.24. The lowest BCUT2D eigenvalue weighted by molar-refractivity contribution is -0.141. The SMILES string of the molecule is COC(=O)C[C@H](N)c1c(F)ccc(C)c1Cl.Cl. The number of ether oxygens (including phenoxy) is 1. The molecule has 0 saturated carbocycles. The molecule has 96 valence electrons. The molecule has 1 aromatic carbocycles. The van der Waals surface area contributed by atoms with E-state index in [0.717, 1.165) is 5.56 Å². The molecule has 0 spiro atoms. The van der Waals surface area contributed by atoms with Gasteiger partial charge in [-0.15, -0.1) is 12.4 Å². The van der Waals surface area contributed by atoms with E-state index in [1.165, 1.54) is 13.2 Å². The summed E-state index contributed by atoms with van der Waals surface area (Å²) in [5, 5.41) is 0.261.